The number of benzene rings is 2. The molecule has 0 aromatic heterocycles. The van der Waals surface area contributed by atoms with E-state index in [0.717, 1.165) is 31.2 Å². The molecule has 1 fully saturated rings. The van der Waals surface area contributed by atoms with Gasteiger partial charge in [0.2, 0.25) is 21.8 Å². The highest BCUT2D eigenvalue weighted by atomic mass is 32.2. The predicted molar refractivity (Wildman–Crippen MR) is 138 cm³/mol. The first-order valence-electron chi connectivity index (χ1n) is 12.5. The molecule has 2 aromatic carbocycles. The highest BCUT2D eigenvalue weighted by molar-refractivity contribution is 7.89. The van der Waals surface area contributed by atoms with Crippen molar-refractivity contribution in [3.63, 3.8) is 0 Å². The highest BCUT2D eigenvalue weighted by Gasteiger charge is 2.32. The number of hydrogen-bond acceptors (Lipinski definition) is 4. The minimum absolute atomic E-state index is 0.0334. The monoisotopic (exact) mass is 497 g/mol. The van der Waals surface area contributed by atoms with E-state index in [-0.39, 0.29) is 23.7 Å². The average Bonchev–Trinajstić information content (AvgIpc) is 2.84. The van der Waals surface area contributed by atoms with Crippen molar-refractivity contribution in [3.05, 3.63) is 53.6 Å². The van der Waals surface area contributed by atoms with E-state index in [4.69, 9.17) is 0 Å². The Hall–Kier alpha value is -2.71. The Labute approximate surface area is 208 Å². The summed E-state index contributed by atoms with van der Waals surface area (Å²) >= 11 is 0. The zero-order valence-electron chi connectivity index (χ0n) is 20.5. The predicted octanol–water partition coefficient (Wildman–Crippen LogP) is 4.59. The van der Waals surface area contributed by atoms with Gasteiger partial charge in [-0.2, -0.15) is 4.31 Å². The Morgan fingerprint density at radius 1 is 0.914 bits per heavy atom. The fraction of sp³-hybridized carbons (Fsp3) is 0.481. The summed E-state index contributed by atoms with van der Waals surface area (Å²) in [5, 5.41) is 5.78. The smallest absolute Gasteiger partial charge is 0.243 e. The molecule has 1 aliphatic carbocycles. The largest absolute Gasteiger partial charge is 0.326 e. The quantitative estimate of drug-likeness (QED) is 0.585. The van der Waals surface area contributed by atoms with Crippen molar-refractivity contribution < 1.29 is 18.0 Å². The van der Waals surface area contributed by atoms with Crippen LogP contribution in [0.2, 0.25) is 0 Å². The molecule has 1 heterocycles. The molecular weight excluding hydrogens is 462 g/mol. The molecule has 2 aromatic rings. The first-order valence-corrected chi connectivity index (χ1v) is 14.0. The molecule has 0 saturated carbocycles. The van der Waals surface area contributed by atoms with Crippen molar-refractivity contribution in [1.82, 2.24) is 4.31 Å². The van der Waals surface area contributed by atoms with Crippen LogP contribution in [0.4, 0.5) is 11.4 Å². The number of carbonyl (C=O) groups excluding carboxylic acids is 2. The van der Waals surface area contributed by atoms with Gasteiger partial charge < -0.3 is 10.6 Å². The van der Waals surface area contributed by atoms with E-state index in [1.165, 1.54) is 9.87 Å². The van der Waals surface area contributed by atoms with Crippen molar-refractivity contribution in [1.29, 1.82) is 0 Å². The minimum Gasteiger partial charge on any atom is -0.326 e. The third kappa shape index (κ3) is 6.30. The maximum absolute atomic E-state index is 13.2. The molecule has 0 unspecified atom stereocenters. The topological polar surface area (TPSA) is 95.6 Å². The molecule has 188 valence electrons. The van der Waals surface area contributed by atoms with Crippen LogP contribution in [0.5, 0.6) is 0 Å². The van der Waals surface area contributed by atoms with Crippen LogP contribution in [0.1, 0.15) is 57.1 Å². The van der Waals surface area contributed by atoms with Crippen molar-refractivity contribution in [2.24, 2.45) is 11.8 Å². The van der Waals surface area contributed by atoms with Gasteiger partial charge in [-0.3, -0.25) is 9.59 Å². The van der Waals surface area contributed by atoms with Gasteiger partial charge in [-0.25, -0.2) is 8.42 Å². The molecule has 0 bridgehead atoms. The molecule has 2 aliphatic rings. The third-order valence-electron chi connectivity index (χ3n) is 6.81. The zero-order valence-corrected chi connectivity index (χ0v) is 21.4. The summed E-state index contributed by atoms with van der Waals surface area (Å²) in [5.74, 6) is -0.0929. The van der Waals surface area contributed by atoms with Crippen LogP contribution in [0.3, 0.4) is 0 Å². The van der Waals surface area contributed by atoms with Gasteiger partial charge in [-0.1, -0.05) is 19.9 Å². The van der Waals surface area contributed by atoms with E-state index in [9.17, 15) is 18.0 Å². The van der Waals surface area contributed by atoms with Crippen LogP contribution in [-0.2, 0) is 32.5 Å². The molecular formula is C27H35N3O4S. The van der Waals surface area contributed by atoms with Gasteiger partial charge in [0, 0.05) is 36.8 Å². The number of amides is 2. The van der Waals surface area contributed by atoms with Gasteiger partial charge in [-0.05, 0) is 92.0 Å². The summed E-state index contributed by atoms with van der Waals surface area (Å²) in [6.45, 7) is 4.65. The SMILES string of the molecule is CC(C)CC(=O)Nc1ccc(NC(=O)C2CCN(S(=O)(=O)c3ccc4c(c3)CCCC4)CC2)cc1. The van der Waals surface area contributed by atoms with Gasteiger partial charge in [0.25, 0.3) is 0 Å². The molecule has 1 aliphatic heterocycles. The molecule has 4 rings (SSSR count). The Balaban J connectivity index is 1.30. The van der Waals surface area contributed by atoms with Gasteiger partial charge in [0.05, 0.1) is 4.90 Å². The number of anilines is 2. The summed E-state index contributed by atoms with van der Waals surface area (Å²) in [4.78, 5) is 25.1. The van der Waals surface area contributed by atoms with E-state index in [0.29, 0.717) is 48.6 Å². The normalized spacial score (nSPS) is 17.1. The Morgan fingerprint density at radius 2 is 1.51 bits per heavy atom. The molecule has 7 nitrogen and oxygen atoms in total. The first kappa shape index (κ1) is 25.4. The van der Waals surface area contributed by atoms with E-state index < -0.39 is 10.0 Å². The standard InChI is InChI=1S/C27H35N3O4S/c1-19(2)17-26(31)28-23-8-10-24(11-9-23)29-27(32)21-13-15-30(16-14-21)35(33,34)25-12-7-20-5-3-4-6-22(20)18-25/h7-12,18-19,21H,3-6,13-17H2,1-2H3,(H,28,31)(H,29,32). The highest BCUT2D eigenvalue weighted by Crippen LogP contribution is 2.28. The molecule has 0 radical (unpaired) electrons. The number of aryl methyl sites for hydroxylation is 2. The minimum atomic E-state index is -3.56. The van der Waals surface area contributed by atoms with E-state index in [2.05, 4.69) is 10.6 Å². The van der Waals surface area contributed by atoms with Crippen molar-refractivity contribution in [2.45, 2.75) is 63.7 Å². The fourth-order valence-corrected chi connectivity index (χ4v) is 6.36. The molecule has 0 spiro atoms. The summed E-state index contributed by atoms with van der Waals surface area (Å²) in [6, 6.07) is 12.6. The van der Waals surface area contributed by atoms with Crippen LogP contribution in [0, 0.1) is 11.8 Å². The molecule has 1 saturated heterocycles. The van der Waals surface area contributed by atoms with Crippen molar-refractivity contribution in [3.8, 4) is 0 Å². The Morgan fingerprint density at radius 3 is 2.14 bits per heavy atom. The van der Waals surface area contributed by atoms with Gasteiger partial charge in [-0.15, -0.1) is 0 Å². The molecule has 2 N–H and O–H groups in total. The second-order valence-electron chi connectivity index (χ2n) is 10.0. The van der Waals surface area contributed by atoms with E-state index in [1.54, 1.807) is 30.3 Å². The second kappa shape index (κ2) is 10.9. The van der Waals surface area contributed by atoms with Crippen LogP contribution in [0.15, 0.2) is 47.4 Å². The molecule has 2 amide bonds. The summed E-state index contributed by atoms with van der Waals surface area (Å²) in [6.07, 6.45) is 5.65. The fourth-order valence-electron chi connectivity index (χ4n) is 4.84. The van der Waals surface area contributed by atoms with Crippen LogP contribution in [0.25, 0.3) is 0 Å². The lowest BCUT2D eigenvalue weighted by molar-refractivity contribution is -0.121. The Kier molecular flexibility index (Phi) is 7.91. The van der Waals surface area contributed by atoms with Gasteiger partial charge in [0.15, 0.2) is 0 Å². The van der Waals surface area contributed by atoms with Gasteiger partial charge in [0.1, 0.15) is 0 Å². The second-order valence-corrected chi connectivity index (χ2v) is 12.0. The van der Waals surface area contributed by atoms with Crippen LogP contribution < -0.4 is 10.6 Å². The maximum atomic E-state index is 13.2. The third-order valence-corrected chi connectivity index (χ3v) is 8.71. The lowest BCUT2D eigenvalue weighted by atomic mass is 9.92. The number of nitrogens with one attached hydrogen (secondary N) is 2. The molecule has 0 atom stereocenters. The van der Waals surface area contributed by atoms with Crippen molar-refractivity contribution in [2.75, 3.05) is 23.7 Å². The lowest BCUT2D eigenvalue weighted by Crippen LogP contribution is -2.41. The average molecular weight is 498 g/mol. The molecule has 8 heteroatoms. The number of rotatable bonds is 7. The zero-order chi connectivity index (χ0) is 25.0. The number of sulfonamides is 1. The molecule has 35 heavy (non-hydrogen) atoms. The van der Waals surface area contributed by atoms with Crippen LogP contribution in [-0.4, -0.2) is 37.6 Å². The van der Waals surface area contributed by atoms with Crippen molar-refractivity contribution >= 4 is 33.2 Å². The van der Waals surface area contributed by atoms with Gasteiger partial charge >= 0.3 is 0 Å². The summed E-state index contributed by atoms with van der Waals surface area (Å²) in [7, 11) is -3.56. The van der Waals surface area contributed by atoms with E-state index in [1.807, 2.05) is 26.0 Å². The number of hydrogen-bond donors (Lipinski definition) is 2. The van der Waals surface area contributed by atoms with Crippen LogP contribution >= 0.6 is 0 Å². The number of nitrogens with zero attached hydrogens (tertiary/aromatic N) is 1. The number of piperidine rings is 1. The lowest BCUT2D eigenvalue weighted by Gasteiger charge is -2.31. The van der Waals surface area contributed by atoms with E-state index >= 15 is 0 Å². The summed E-state index contributed by atoms with van der Waals surface area (Å²) < 4.78 is 27.9. The number of fused-ring (bicyclic) bond motifs is 1. The Bertz CT molecular complexity index is 1170. The maximum Gasteiger partial charge on any atom is 0.243 e. The first-order chi connectivity index (χ1) is 16.7. The summed E-state index contributed by atoms with van der Waals surface area (Å²) in [5.41, 5.74) is 3.75. The number of carbonyl (C=O) groups is 2.